The van der Waals surface area contributed by atoms with Gasteiger partial charge < -0.3 is 23.3 Å². The maximum Gasteiger partial charge on any atom is 0.325 e. The van der Waals surface area contributed by atoms with Gasteiger partial charge in [-0.3, -0.25) is 9.59 Å². The van der Waals surface area contributed by atoms with Crippen LogP contribution in [-0.2, 0) is 16.1 Å². The van der Waals surface area contributed by atoms with E-state index in [0.29, 0.717) is 27.5 Å². The molecule has 0 unspecified atom stereocenters. The predicted octanol–water partition coefficient (Wildman–Crippen LogP) is 1.64. The number of hydrogen-bond donors (Lipinski definition) is 0. The number of amides is 1. The number of hydrogen-bond acceptors (Lipinski definition) is 8. The zero-order valence-electron chi connectivity index (χ0n) is 13.8. The zero-order valence-corrected chi connectivity index (χ0v) is 14.7. The fourth-order valence-corrected chi connectivity index (χ4v) is 3.54. The summed E-state index contributed by atoms with van der Waals surface area (Å²) in [6, 6.07) is 5.04. The van der Waals surface area contributed by atoms with E-state index in [9.17, 15) is 9.59 Å². The summed E-state index contributed by atoms with van der Waals surface area (Å²) >= 11 is 1.24. The van der Waals surface area contributed by atoms with Crippen LogP contribution in [0.15, 0.2) is 27.7 Å². The minimum absolute atomic E-state index is 0.0266. The Morgan fingerprint density at radius 1 is 1.31 bits per heavy atom. The van der Waals surface area contributed by atoms with Crippen molar-refractivity contribution in [1.82, 2.24) is 9.72 Å². The molecule has 1 amide bonds. The van der Waals surface area contributed by atoms with E-state index in [2.05, 4.69) is 10.1 Å². The van der Waals surface area contributed by atoms with Crippen molar-refractivity contribution in [3.05, 3.63) is 34.5 Å². The molecule has 1 aliphatic heterocycles. The van der Waals surface area contributed by atoms with Gasteiger partial charge in [0.2, 0.25) is 12.6 Å². The van der Waals surface area contributed by atoms with Gasteiger partial charge in [-0.05, 0) is 6.92 Å². The molecule has 0 bridgehead atoms. The molecule has 10 heteroatoms. The number of nitrogens with zero attached hydrogens (tertiary/aromatic N) is 3. The van der Waals surface area contributed by atoms with Crippen molar-refractivity contribution in [2.75, 3.05) is 13.9 Å². The summed E-state index contributed by atoms with van der Waals surface area (Å²) in [5, 5.41) is 3.68. The summed E-state index contributed by atoms with van der Waals surface area (Å²) in [7, 11) is 1.30. The molecule has 0 saturated carbocycles. The number of thiazole rings is 1. The van der Waals surface area contributed by atoms with Crippen molar-refractivity contribution in [2.24, 2.45) is 4.99 Å². The summed E-state index contributed by atoms with van der Waals surface area (Å²) in [4.78, 5) is 28.6. The first-order valence-electron chi connectivity index (χ1n) is 7.57. The first-order valence-corrected chi connectivity index (χ1v) is 8.39. The van der Waals surface area contributed by atoms with Crippen molar-refractivity contribution in [3.8, 4) is 11.5 Å². The molecule has 0 atom stereocenters. The second-order valence-electron chi connectivity index (χ2n) is 5.47. The van der Waals surface area contributed by atoms with Crippen molar-refractivity contribution in [1.29, 1.82) is 0 Å². The monoisotopic (exact) mass is 375 g/mol. The van der Waals surface area contributed by atoms with Crippen molar-refractivity contribution in [2.45, 2.75) is 13.5 Å². The van der Waals surface area contributed by atoms with Crippen LogP contribution in [-0.4, -0.2) is 35.5 Å². The Hall–Kier alpha value is -3.14. The number of aryl methyl sites for hydroxylation is 1. The third-order valence-electron chi connectivity index (χ3n) is 3.73. The molecule has 0 saturated heterocycles. The van der Waals surface area contributed by atoms with Crippen LogP contribution >= 0.6 is 11.3 Å². The summed E-state index contributed by atoms with van der Waals surface area (Å²) < 4.78 is 22.8. The van der Waals surface area contributed by atoms with Crippen LogP contribution in [0.25, 0.3) is 10.2 Å². The molecular formula is C16H13N3O6S. The lowest BCUT2D eigenvalue weighted by atomic mass is 10.3. The van der Waals surface area contributed by atoms with Gasteiger partial charge in [-0.1, -0.05) is 16.5 Å². The van der Waals surface area contributed by atoms with E-state index in [1.54, 1.807) is 23.6 Å². The molecule has 9 nitrogen and oxygen atoms in total. The number of aromatic nitrogens is 2. The first-order chi connectivity index (χ1) is 12.5. The molecule has 0 N–H and O–H groups in total. The number of carbonyl (C=O) groups excluding carboxylic acids is 2. The van der Waals surface area contributed by atoms with Gasteiger partial charge in [-0.25, -0.2) is 0 Å². The van der Waals surface area contributed by atoms with Crippen LogP contribution < -0.4 is 14.3 Å². The highest BCUT2D eigenvalue weighted by atomic mass is 32.1. The molecule has 2 aromatic heterocycles. The Bertz CT molecular complexity index is 1090. The summed E-state index contributed by atoms with van der Waals surface area (Å²) in [5.41, 5.74) is 1.26. The number of esters is 1. The SMILES string of the molecule is COC(=O)Cn1c(=NC(=O)c2cc(C)no2)sc2cc3c(cc21)OCO3. The first kappa shape index (κ1) is 16.3. The predicted molar refractivity (Wildman–Crippen MR) is 89.1 cm³/mol. The minimum atomic E-state index is -0.587. The summed E-state index contributed by atoms with van der Waals surface area (Å²) in [5.74, 6) is 0.145. The van der Waals surface area contributed by atoms with Gasteiger partial charge in [-0.2, -0.15) is 4.99 Å². The second-order valence-corrected chi connectivity index (χ2v) is 6.48. The van der Waals surface area contributed by atoms with Gasteiger partial charge in [-0.15, -0.1) is 0 Å². The van der Waals surface area contributed by atoms with Gasteiger partial charge in [0.1, 0.15) is 6.54 Å². The van der Waals surface area contributed by atoms with Crippen LogP contribution in [0.1, 0.15) is 16.2 Å². The minimum Gasteiger partial charge on any atom is -0.468 e. The third kappa shape index (κ3) is 2.84. The average molecular weight is 375 g/mol. The van der Waals surface area contributed by atoms with Gasteiger partial charge in [0.15, 0.2) is 16.3 Å². The molecule has 1 aromatic carbocycles. The second kappa shape index (κ2) is 6.30. The lowest BCUT2D eigenvalue weighted by Crippen LogP contribution is -2.22. The molecule has 26 heavy (non-hydrogen) atoms. The van der Waals surface area contributed by atoms with Gasteiger partial charge in [0.25, 0.3) is 0 Å². The Balaban J connectivity index is 1.87. The number of ether oxygens (including phenoxy) is 3. The van der Waals surface area contributed by atoms with Crippen LogP contribution in [0.2, 0.25) is 0 Å². The van der Waals surface area contributed by atoms with E-state index >= 15 is 0 Å². The summed E-state index contributed by atoms with van der Waals surface area (Å²) in [6.07, 6.45) is 0. The van der Waals surface area contributed by atoms with E-state index in [0.717, 1.165) is 4.70 Å². The fourth-order valence-electron chi connectivity index (χ4n) is 2.50. The highest BCUT2D eigenvalue weighted by Gasteiger charge is 2.20. The highest BCUT2D eigenvalue weighted by molar-refractivity contribution is 7.16. The maximum absolute atomic E-state index is 12.3. The van der Waals surface area contributed by atoms with Crippen molar-refractivity contribution < 1.29 is 28.3 Å². The maximum atomic E-state index is 12.3. The average Bonchev–Trinajstić information content (AvgIpc) is 3.32. The molecule has 1 aliphatic rings. The highest BCUT2D eigenvalue weighted by Crippen LogP contribution is 2.37. The van der Waals surface area contributed by atoms with Gasteiger partial charge in [0, 0.05) is 18.2 Å². The van der Waals surface area contributed by atoms with Crippen molar-refractivity contribution in [3.63, 3.8) is 0 Å². The fraction of sp³-hybridized carbons (Fsp3) is 0.250. The van der Waals surface area contributed by atoms with Crippen molar-refractivity contribution >= 4 is 33.4 Å². The Morgan fingerprint density at radius 3 is 2.77 bits per heavy atom. The molecular weight excluding hydrogens is 362 g/mol. The van der Waals surface area contributed by atoms with E-state index < -0.39 is 11.9 Å². The standard InChI is InChI=1S/C16H13N3O6S/c1-8-3-12(25-18-8)15(21)17-16-19(6-14(20)22-2)9-4-10-11(24-7-23-10)5-13(9)26-16/h3-5H,6-7H2,1-2H3. The number of methoxy groups -OCH3 is 1. The number of rotatable bonds is 3. The largest absolute Gasteiger partial charge is 0.468 e. The molecule has 134 valence electrons. The van der Waals surface area contributed by atoms with Crippen LogP contribution in [0.5, 0.6) is 11.5 Å². The smallest absolute Gasteiger partial charge is 0.325 e. The van der Waals surface area contributed by atoms with E-state index in [-0.39, 0.29) is 19.1 Å². The molecule has 0 spiro atoms. The quantitative estimate of drug-likeness (QED) is 0.641. The van der Waals surface area contributed by atoms with E-state index in [4.69, 9.17) is 18.7 Å². The number of benzene rings is 1. The normalized spacial score (nSPS) is 13.4. The topological polar surface area (TPSA) is 105 Å². The Kier molecular flexibility index (Phi) is 3.96. The third-order valence-corrected chi connectivity index (χ3v) is 4.77. The summed E-state index contributed by atoms with van der Waals surface area (Å²) in [6.45, 7) is 1.75. The molecule has 0 radical (unpaired) electrons. The molecule has 3 aromatic rings. The van der Waals surface area contributed by atoms with E-state index in [1.807, 2.05) is 0 Å². The lowest BCUT2D eigenvalue weighted by molar-refractivity contribution is -0.141. The number of carbonyl (C=O) groups is 2. The molecule has 3 heterocycles. The van der Waals surface area contributed by atoms with Crippen LogP contribution in [0, 0.1) is 6.92 Å². The van der Waals surface area contributed by atoms with E-state index in [1.165, 1.54) is 24.5 Å². The van der Waals surface area contributed by atoms with Gasteiger partial charge >= 0.3 is 11.9 Å². The molecule has 4 rings (SSSR count). The van der Waals surface area contributed by atoms with Gasteiger partial charge in [0.05, 0.1) is 23.0 Å². The molecule has 0 aliphatic carbocycles. The number of fused-ring (bicyclic) bond motifs is 2. The zero-order chi connectivity index (χ0) is 18.3. The van der Waals surface area contributed by atoms with Crippen LogP contribution in [0.4, 0.5) is 0 Å². The lowest BCUT2D eigenvalue weighted by Gasteiger charge is -2.04. The van der Waals surface area contributed by atoms with Crippen LogP contribution in [0.3, 0.4) is 0 Å². The molecule has 0 fully saturated rings. The Labute approximate surface area is 150 Å². The Morgan fingerprint density at radius 2 is 2.08 bits per heavy atom.